The number of pyridine rings is 1. The molecule has 2 aromatic heterocycles. The van der Waals surface area contributed by atoms with Gasteiger partial charge in [0, 0.05) is 30.1 Å². The van der Waals surface area contributed by atoms with E-state index in [4.69, 9.17) is 5.10 Å². The van der Waals surface area contributed by atoms with Gasteiger partial charge < -0.3 is 5.32 Å². The van der Waals surface area contributed by atoms with Crippen molar-refractivity contribution in [1.29, 1.82) is 0 Å². The molecule has 3 aromatic carbocycles. The molecule has 0 radical (unpaired) electrons. The van der Waals surface area contributed by atoms with Gasteiger partial charge in [0.25, 0.3) is 0 Å². The van der Waals surface area contributed by atoms with Gasteiger partial charge in [-0.2, -0.15) is 5.10 Å². The number of carbonyl (C=O) groups is 2. The number of aryl methyl sites for hydroxylation is 2. The Morgan fingerprint density at radius 3 is 2.56 bits per heavy atom. The van der Waals surface area contributed by atoms with Crippen LogP contribution in [-0.4, -0.2) is 38.9 Å². The smallest absolute Gasteiger partial charge is 0.240 e. The van der Waals surface area contributed by atoms with Gasteiger partial charge in [0.1, 0.15) is 12.4 Å². The number of fused-ring (bicyclic) bond motifs is 1. The number of carbonyl (C=O) groups excluding carboxylic acids is 2. The van der Waals surface area contributed by atoms with E-state index >= 15 is 0 Å². The number of rotatable bonds is 7. The van der Waals surface area contributed by atoms with E-state index in [9.17, 15) is 9.59 Å². The minimum absolute atomic E-state index is 0.127. The molecule has 1 N–H and O–H groups in total. The Bertz CT molecular complexity index is 1790. The quantitative estimate of drug-likeness (QED) is 0.240. The Morgan fingerprint density at radius 1 is 0.977 bits per heavy atom. The zero-order valence-electron chi connectivity index (χ0n) is 24.4. The fourth-order valence-corrected chi connectivity index (χ4v) is 6.65. The summed E-state index contributed by atoms with van der Waals surface area (Å²) in [7, 11) is 0. The van der Waals surface area contributed by atoms with E-state index in [2.05, 4.69) is 61.4 Å². The first kappa shape index (κ1) is 28.4. The van der Waals surface area contributed by atoms with Crippen molar-refractivity contribution in [2.45, 2.75) is 32.6 Å². The Morgan fingerprint density at radius 2 is 1.79 bits per heavy atom. The molecule has 0 saturated heterocycles. The van der Waals surface area contributed by atoms with Crippen LogP contribution in [0.5, 0.6) is 0 Å². The lowest BCUT2D eigenvalue weighted by Crippen LogP contribution is -2.42. The molecule has 0 saturated carbocycles. The Balaban J connectivity index is 1.55. The Labute approximate surface area is 256 Å². The lowest BCUT2D eigenvalue weighted by molar-refractivity contribution is -0.123. The van der Waals surface area contributed by atoms with Crippen LogP contribution in [0.2, 0.25) is 0 Å². The molecule has 7 nitrogen and oxygen atoms in total. The highest BCUT2D eigenvalue weighted by Crippen LogP contribution is 2.48. The number of aromatic nitrogens is 3. The van der Waals surface area contributed by atoms with Gasteiger partial charge in [0.2, 0.25) is 11.8 Å². The number of nitrogens with zero attached hydrogens (tertiary/aromatic N) is 4. The van der Waals surface area contributed by atoms with Crippen LogP contribution in [0, 0.1) is 20.8 Å². The predicted octanol–water partition coefficient (Wildman–Crippen LogP) is 6.35. The molecule has 0 spiro atoms. The fourth-order valence-electron chi connectivity index (χ4n) is 5.46. The van der Waals surface area contributed by atoms with Gasteiger partial charge in [-0.15, -0.1) is 11.8 Å². The first-order valence-electron chi connectivity index (χ1n) is 14.3. The van der Waals surface area contributed by atoms with Crippen LogP contribution in [0.1, 0.15) is 38.6 Å². The minimum atomic E-state index is -0.253. The van der Waals surface area contributed by atoms with Crippen molar-refractivity contribution in [3.05, 3.63) is 131 Å². The lowest BCUT2D eigenvalue weighted by atomic mass is 9.98. The summed E-state index contributed by atoms with van der Waals surface area (Å²) < 4.78 is 1.88. The second-order valence-electron chi connectivity index (χ2n) is 10.8. The number of anilines is 1. The minimum Gasteiger partial charge on any atom is -0.350 e. The van der Waals surface area contributed by atoms with Crippen LogP contribution in [0.15, 0.2) is 97.3 Å². The number of benzene rings is 3. The van der Waals surface area contributed by atoms with E-state index in [1.54, 1.807) is 29.1 Å². The van der Waals surface area contributed by atoms with E-state index in [-0.39, 0.29) is 29.4 Å². The molecule has 1 aliphatic rings. The number of amides is 2. The molecule has 0 bridgehead atoms. The third-order valence-corrected chi connectivity index (χ3v) is 9.05. The molecule has 5 aromatic rings. The summed E-state index contributed by atoms with van der Waals surface area (Å²) in [4.78, 5) is 33.2. The molecule has 8 heteroatoms. The van der Waals surface area contributed by atoms with Gasteiger partial charge >= 0.3 is 0 Å². The first-order valence-corrected chi connectivity index (χ1v) is 15.3. The highest BCUT2D eigenvalue weighted by molar-refractivity contribution is 8.00. The summed E-state index contributed by atoms with van der Waals surface area (Å²) in [5, 5.41) is 8.04. The standard InChI is InChI=1S/C35H33N5O2S/c1-23-10-7-15-28(18-23)34-32-33(27-13-5-4-6-14-27)38-40(29-16-8-11-24(2)25(29)3)35(32)39(31(42)22-43-34)21-30(41)37-20-26-12-9-17-36-19-26/h4-19,34H,20-22H2,1-3H3,(H,37,41)/t34-/m0/s1. The molecule has 0 unspecified atom stereocenters. The molecule has 216 valence electrons. The highest BCUT2D eigenvalue weighted by Gasteiger charge is 2.38. The molecule has 1 atom stereocenters. The maximum Gasteiger partial charge on any atom is 0.240 e. The number of thioether (sulfide) groups is 1. The molecule has 0 aliphatic carbocycles. The average molecular weight is 588 g/mol. The van der Waals surface area contributed by atoms with Gasteiger partial charge in [-0.05, 0) is 55.2 Å². The topological polar surface area (TPSA) is 80.1 Å². The summed E-state index contributed by atoms with van der Waals surface area (Å²) in [5.74, 6) is 0.469. The summed E-state index contributed by atoms with van der Waals surface area (Å²) in [6.45, 7) is 6.41. The van der Waals surface area contributed by atoms with Gasteiger partial charge in [-0.25, -0.2) is 4.68 Å². The molecular formula is C35H33N5O2S. The fraction of sp³-hybridized carbons (Fsp3) is 0.200. The van der Waals surface area contributed by atoms with Crippen LogP contribution in [0.25, 0.3) is 16.9 Å². The summed E-state index contributed by atoms with van der Waals surface area (Å²) in [5.41, 5.74) is 8.86. The lowest BCUT2D eigenvalue weighted by Gasteiger charge is -2.24. The van der Waals surface area contributed by atoms with Crippen LogP contribution in [0.3, 0.4) is 0 Å². The van der Waals surface area contributed by atoms with Crippen molar-refractivity contribution in [3.63, 3.8) is 0 Å². The van der Waals surface area contributed by atoms with Gasteiger partial charge in [0.05, 0.1) is 22.4 Å². The van der Waals surface area contributed by atoms with E-state index in [1.807, 2.05) is 59.3 Å². The summed E-state index contributed by atoms with van der Waals surface area (Å²) in [6.07, 6.45) is 3.42. The van der Waals surface area contributed by atoms with Gasteiger partial charge in [-0.3, -0.25) is 19.5 Å². The monoisotopic (exact) mass is 587 g/mol. The van der Waals surface area contributed by atoms with Crippen LogP contribution >= 0.6 is 11.8 Å². The number of hydrogen-bond acceptors (Lipinski definition) is 5. The first-order chi connectivity index (χ1) is 20.9. The third-order valence-electron chi connectivity index (χ3n) is 7.80. The van der Waals surface area contributed by atoms with Crippen LogP contribution < -0.4 is 10.2 Å². The van der Waals surface area contributed by atoms with E-state index in [0.29, 0.717) is 12.4 Å². The van der Waals surface area contributed by atoms with Crippen LogP contribution in [0.4, 0.5) is 5.82 Å². The predicted molar refractivity (Wildman–Crippen MR) is 172 cm³/mol. The summed E-state index contributed by atoms with van der Waals surface area (Å²) >= 11 is 1.58. The van der Waals surface area contributed by atoms with Gasteiger partial charge in [0.15, 0.2) is 0 Å². The van der Waals surface area contributed by atoms with E-state index in [0.717, 1.165) is 50.3 Å². The zero-order chi connectivity index (χ0) is 29.9. The molecule has 1 aliphatic heterocycles. The van der Waals surface area contributed by atoms with Crippen molar-refractivity contribution in [2.24, 2.45) is 0 Å². The Hall–Kier alpha value is -4.69. The van der Waals surface area contributed by atoms with Crippen molar-refractivity contribution < 1.29 is 9.59 Å². The maximum atomic E-state index is 14.0. The molecule has 43 heavy (non-hydrogen) atoms. The second-order valence-corrected chi connectivity index (χ2v) is 11.9. The second kappa shape index (κ2) is 12.3. The van der Waals surface area contributed by atoms with Crippen molar-refractivity contribution in [3.8, 4) is 16.9 Å². The molecule has 0 fully saturated rings. The van der Waals surface area contributed by atoms with Crippen molar-refractivity contribution in [1.82, 2.24) is 20.1 Å². The van der Waals surface area contributed by atoms with Crippen LogP contribution in [-0.2, 0) is 16.1 Å². The molecular weight excluding hydrogens is 554 g/mol. The number of hydrogen-bond donors (Lipinski definition) is 1. The largest absolute Gasteiger partial charge is 0.350 e. The van der Waals surface area contributed by atoms with Crippen molar-refractivity contribution in [2.75, 3.05) is 17.2 Å². The SMILES string of the molecule is Cc1cccc([C@@H]2SCC(=O)N(CC(=O)NCc3cccnc3)c3c2c(-c2ccccc2)nn3-c2cccc(C)c2C)c1. The zero-order valence-corrected chi connectivity index (χ0v) is 25.3. The normalized spacial score (nSPS) is 14.7. The molecule has 2 amide bonds. The number of nitrogens with one attached hydrogen (secondary N) is 1. The van der Waals surface area contributed by atoms with Gasteiger partial charge in [-0.1, -0.05) is 78.4 Å². The summed E-state index contributed by atoms with van der Waals surface area (Å²) in [6, 6.07) is 28.3. The highest BCUT2D eigenvalue weighted by atomic mass is 32.2. The van der Waals surface area contributed by atoms with E-state index < -0.39 is 0 Å². The van der Waals surface area contributed by atoms with Crippen molar-refractivity contribution >= 4 is 29.4 Å². The maximum absolute atomic E-state index is 14.0. The van der Waals surface area contributed by atoms with E-state index in [1.165, 1.54) is 0 Å². The third kappa shape index (κ3) is 5.83. The molecule has 3 heterocycles. The Kier molecular flexibility index (Phi) is 8.11. The molecule has 6 rings (SSSR count). The average Bonchev–Trinajstić information content (AvgIpc) is 3.34.